The predicted molar refractivity (Wildman–Crippen MR) is 170 cm³/mol. The highest BCUT2D eigenvalue weighted by molar-refractivity contribution is 14.1. The van der Waals surface area contributed by atoms with Gasteiger partial charge in [0.1, 0.15) is 12.6 Å². The number of nitrogens with one attached hydrogen (secondary N) is 1. The van der Waals surface area contributed by atoms with Gasteiger partial charge in [0.15, 0.2) is 0 Å². The van der Waals surface area contributed by atoms with Crippen molar-refractivity contribution < 1.29 is 18.0 Å². The molecule has 7 nitrogen and oxygen atoms in total. The first-order valence-corrected chi connectivity index (χ1v) is 15.6. The van der Waals surface area contributed by atoms with E-state index in [9.17, 15) is 18.0 Å². The molecule has 0 heterocycles. The van der Waals surface area contributed by atoms with Gasteiger partial charge >= 0.3 is 0 Å². The van der Waals surface area contributed by atoms with Crippen molar-refractivity contribution in [3.8, 4) is 0 Å². The smallest absolute Gasteiger partial charge is 0.264 e. The van der Waals surface area contributed by atoms with Crippen LogP contribution in [0.3, 0.4) is 0 Å². The SMILES string of the molecule is CNC(=O)[C@H](Cc1ccccc1)N(Cc1cccc(C)c1)C(=O)CN(c1ccc(I)cc1)S(=O)(=O)c1ccccc1. The van der Waals surface area contributed by atoms with Gasteiger partial charge in [-0.25, -0.2) is 8.42 Å². The second-order valence-corrected chi connectivity index (χ2v) is 12.7. The van der Waals surface area contributed by atoms with Crippen LogP contribution in [0.5, 0.6) is 0 Å². The molecule has 41 heavy (non-hydrogen) atoms. The summed E-state index contributed by atoms with van der Waals surface area (Å²) in [6, 6.07) is 31.3. The first-order chi connectivity index (χ1) is 19.7. The zero-order chi connectivity index (χ0) is 29.4. The molecule has 0 saturated heterocycles. The van der Waals surface area contributed by atoms with E-state index in [0.717, 1.165) is 24.6 Å². The molecule has 1 N–H and O–H groups in total. The lowest BCUT2D eigenvalue weighted by molar-refractivity contribution is -0.139. The molecule has 2 amide bonds. The van der Waals surface area contributed by atoms with Crippen molar-refractivity contribution in [2.45, 2.75) is 30.8 Å². The molecular formula is C32H32IN3O4S. The van der Waals surface area contributed by atoms with Crippen LogP contribution in [0.4, 0.5) is 5.69 Å². The maximum absolute atomic E-state index is 14.3. The summed E-state index contributed by atoms with van der Waals surface area (Å²) in [5.41, 5.74) is 3.10. The number of amides is 2. The molecule has 0 aromatic heterocycles. The second-order valence-electron chi connectivity index (χ2n) is 9.63. The van der Waals surface area contributed by atoms with Crippen molar-refractivity contribution in [2.24, 2.45) is 0 Å². The number of anilines is 1. The summed E-state index contributed by atoms with van der Waals surface area (Å²) in [7, 11) is -2.57. The molecule has 1 atom stereocenters. The molecule has 9 heteroatoms. The fraction of sp³-hybridized carbons (Fsp3) is 0.188. The van der Waals surface area contributed by atoms with Gasteiger partial charge in [-0.1, -0.05) is 78.4 Å². The average molecular weight is 682 g/mol. The molecular weight excluding hydrogens is 649 g/mol. The Bertz CT molecular complexity index is 1580. The van der Waals surface area contributed by atoms with Crippen LogP contribution in [0, 0.1) is 10.5 Å². The Hall–Kier alpha value is -3.70. The molecule has 4 aromatic carbocycles. The van der Waals surface area contributed by atoms with E-state index in [1.54, 1.807) is 42.5 Å². The third kappa shape index (κ3) is 7.74. The number of benzene rings is 4. The molecule has 4 aromatic rings. The van der Waals surface area contributed by atoms with Gasteiger partial charge in [-0.2, -0.15) is 0 Å². The Kier molecular flexibility index (Phi) is 10.2. The summed E-state index contributed by atoms with van der Waals surface area (Å²) in [5, 5.41) is 2.70. The fourth-order valence-electron chi connectivity index (χ4n) is 4.58. The van der Waals surface area contributed by atoms with Gasteiger partial charge in [0, 0.05) is 23.6 Å². The third-order valence-corrected chi connectivity index (χ3v) is 9.18. The van der Waals surface area contributed by atoms with Gasteiger partial charge < -0.3 is 10.2 Å². The number of nitrogens with zero attached hydrogens (tertiary/aromatic N) is 2. The quantitative estimate of drug-likeness (QED) is 0.221. The number of carbonyl (C=O) groups excluding carboxylic acids is 2. The number of carbonyl (C=O) groups is 2. The first kappa shape index (κ1) is 30.3. The van der Waals surface area contributed by atoms with Gasteiger partial charge in [-0.3, -0.25) is 13.9 Å². The van der Waals surface area contributed by atoms with Crippen molar-refractivity contribution >= 4 is 50.1 Å². The maximum Gasteiger partial charge on any atom is 0.264 e. The highest BCUT2D eigenvalue weighted by Gasteiger charge is 2.34. The van der Waals surface area contributed by atoms with Crippen LogP contribution in [0.2, 0.25) is 0 Å². The van der Waals surface area contributed by atoms with E-state index in [0.29, 0.717) is 5.69 Å². The number of rotatable bonds is 11. The zero-order valence-corrected chi connectivity index (χ0v) is 25.9. The highest BCUT2D eigenvalue weighted by atomic mass is 127. The van der Waals surface area contributed by atoms with Crippen molar-refractivity contribution in [1.29, 1.82) is 0 Å². The number of likely N-dealkylation sites (N-methyl/N-ethyl adjacent to an activating group) is 1. The minimum atomic E-state index is -4.10. The normalized spacial score (nSPS) is 11.9. The topological polar surface area (TPSA) is 86.8 Å². The number of hydrogen-bond donors (Lipinski definition) is 1. The lowest BCUT2D eigenvalue weighted by atomic mass is 10.0. The van der Waals surface area contributed by atoms with Gasteiger partial charge in [-0.05, 0) is 77.0 Å². The first-order valence-electron chi connectivity index (χ1n) is 13.1. The van der Waals surface area contributed by atoms with E-state index < -0.39 is 28.5 Å². The van der Waals surface area contributed by atoms with Crippen LogP contribution in [-0.4, -0.2) is 44.8 Å². The molecule has 4 rings (SSSR count). The molecule has 0 aliphatic carbocycles. The Morgan fingerprint density at radius 2 is 1.44 bits per heavy atom. The van der Waals surface area contributed by atoms with E-state index in [1.807, 2.05) is 61.5 Å². The molecule has 0 unspecified atom stereocenters. The third-order valence-electron chi connectivity index (χ3n) is 6.68. The summed E-state index contributed by atoms with van der Waals surface area (Å²) >= 11 is 2.15. The fourth-order valence-corrected chi connectivity index (χ4v) is 6.38. The Morgan fingerprint density at radius 1 is 0.829 bits per heavy atom. The van der Waals surface area contributed by atoms with Crippen molar-refractivity contribution in [3.63, 3.8) is 0 Å². The van der Waals surface area contributed by atoms with E-state index >= 15 is 0 Å². The predicted octanol–water partition coefficient (Wildman–Crippen LogP) is 5.18. The lowest BCUT2D eigenvalue weighted by Crippen LogP contribution is -2.53. The minimum Gasteiger partial charge on any atom is -0.357 e. The van der Waals surface area contributed by atoms with Crippen LogP contribution in [0.1, 0.15) is 16.7 Å². The van der Waals surface area contributed by atoms with Crippen LogP contribution in [0.25, 0.3) is 0 Å². The summed E-state index contributed by atoms with van der Waals surface area (Å²) in [5.74, 6) is -0.823. The maximum atomic E-state index is 14.3. The van der Waals surface area contributed by atoms with E-state index in [-0.39, 0.29) is 23.8 Å². The molecule has 0 bridgehead atoms. The largest absolute Gasteiger partial charge is 0.357 e. The summed E-state index contributed by atoms with van der Waals surface area (Å²) in [6.45, 7) is 1.62. The molecule has 0 spiro atoms. The standard InChI is InChI=1S/C32H32IN3O4S/c1-24-10-9-13-26(20-24)22-35(30(32(38)34-2)21-25-11-5-3-6-12-25)31(37)23-36(28-18-16-27(33)17-19-28)41(39,40)29-14-7-4-8-15-29/h3-20,30H,21-23H2,1-2H3,(H,34,38)/t30-/m0/s1. The van der Waals surface area contributed by atoms with Crippen LogP contribution in [0.15, 0.2) is 114 Å². The van der Waals surface area contributed by atoms with Crippen molar-refractivity contribution in [2.75, 3.05) is 17.9 Å². The molecule has 0 aliphatic rings. The number of hydrogen-bond acceptors (Lipinski definition) is 4. The lowest BCUT2D eigenvalue weighted by Gasteiger charge is -2.33. The Morgan fingerprint density at radius 3 is 2.05 bits per heavy atom. The molecule has 0 aliphatic heterocycles. The molecule has 0 fully saturated rings. The van der Waals surface area contributed by atoms with Gasteiger partial charge in [-0.15, -0.1) is 0 Å². The second kappa shape index (κ2) is 13.8. The van der Waals surface area contributed by atoms with Gasteiger partial charge in [0.25, 0.3) is 10.0 Å². The molecule has 0 saturated carbocycles. The van der Waals surface area contributed by atoms with Crippen LogP contribution < -0.4 is 9.62 Å². The van der Waals surface area contributed by atoms with Crippen molar-refractivity contribution in [1.82, 2.24) is 10.2 Å². The van der Waals surface area contributed by atoms with E-state index in [1.165, 1.54) is 24.1 Å². The Balaban J connectivity index is 1.78. The van der Waals surface area contributed by atoms with E-state index in [2.05, 4.69) is 27.9 Å². The Labute approximate surface area is 255 Å². The summed E-state index contributed by atoms with van der Waals surface area (Å²) < 4.78 is 29.9. The highest BCUT2D eigenvalue weighted by Crippen LogP contribution is 2.26. The van der Waals surface area contributed by atoms with Crippen LogP contribution in [-0.2, 0) is 32.6 Å². The minimum absolute atomic E-state index is 0.0729. The zero-order valence-electron chi connectivity index (χ0n) is 22.9. The van der Waals surface area contributed by atoms with E-state index in [4.69, 9.17) is 0 Å². The van der Waals surface area contributed by atoms with Crippen molar-refractivity contribution in [3.05, 3.63) is 129 Å². The van der Waals surface area contributed by atoms with Crippen LogP contribution >= 0.6 is 22.6 Å². The molecule has 212 valence electrons. The average Bonchev–Trinajstić information content (AvgIpc) is 2.98. The number of aryl methyl sites for hydroxylation is 1. The van der Waals surface area contributed by atoms with Gasteiger partial charge in [0.2, 0.25) is 11.8 Å². The van der Waals surface area contributed by atoms with Gasteiger partial charge in [0.05, 0.1) is 10.6 Å². The number of sulfonamides is 1. The molecule has 0 radical (unpaired) electrons. The number of halogens is 1. The summed E-state index contributed by atoms with van der Waals surface area (Å²) in [4.78, 5) is 29.1. The summed E-state index contributed by atoms with van der Waals surface area (Å²) in [6.07, 6.45) is 0.271. The monoisotopic (exact) mass is 681 g/mol.